The molecule has 22 heavy (non-hydrogen) atoms. The van der Waals surface area contributed by atoms with Crippen molar-refractivity contribution in [2.24, 2.45) is 0 Å². The summed E-state index contributed by atoms with van der Waals surface area (Å²) in [5.41, 5.74) is 1.95. The lowest BCUT2D eigenvalue weighted by atomic mass is 10.1. The molecule has 0 saturated carbocycles. The predicted molar refractivity (Wildman–Crippen MR) is 83.9 cm³/mol. The average molecular weight is 299 g/mol. The number of carbonyl (C=O) groups is 1. The van der Waals surface area contributed by atoms with Crippen LogP contribution in [0.5, 0.6) is 5.75 Å². The van der Waals surface area contributed by atoms with Gasteiger partial charge in [-0.05, 0) is 19.4 Å². The Hall–Kier alpha value is -2.30. The number of benzene rings is 1. The van der Waals surface area contributed by atoms with Crippen molar-refractivity contribution in [2.45, 2.75) is 38.8 Å². The van der Waals surface area contributed by atoms with Crippen molar-refractivity contribution >= 4 is 5.91 Å². The van der Waals surface area contributed by atoms with Crippen molar-refractivity contribution in [1.29, 1.82) is 0 Å². The first kappa shape index (κ1) is 14.6. The minimum atomic E-state index is 0.0368. The maximum absolute atomic E-state index is 12.3. The molecule has 0 unspecified atom stereocenters. The smallest absolute Gasteiger partial charge is 0.224 e. The summed E-state index contributed by atoms with van der Waals surface area (Å²) in [5.74, 6) is 1.91. The van der Waals surface area contributed by atoms with Gasteiger partial charge in [0.15, 0.2) is 0 Å². The number of ether oxygens (including phenoxy) is 1. The van der Waals surface area contributed by atoms with Crippen LogP contribution in [0.15, 0.2) is 30.5 Å². The van der Waals surface area contributed by atoms with Gasteiger partial charge in [-0.1, -0.05) is 18.2 Å². The van der Waals surface area contributed by atoms with E-state index in [1.807, 2.05) is 37.4 Å². The summed E-state index contributed by atoms with van der Waals surface area (Å²) in [7, 11) is 1.63. The number of aromatic nitrogens is 2. The number of amides is 1. The van der Waals surface area contributed by atoms with E-state index in [0.29, 0.717) is 6.42 Å². The van der Waals surface area contributed by atoms with Crippen molar-refractivity contribution in [2.75, 3.05) is 7.11 Å². The van der Waals surface area contributed by atoms with E-state index in [1.165, 1.54) is 0 Å². The summed E-state index contributed by atoms with van der Waals surface area (Å²) in [6.07, 6.45) is 4.24. The van der Waals surface area contributed by atoms with Crippen molar-refractivity contribution in [3.63, 3.8) is 0 Å². The molecule has 1 aromatic heterocycles. The van der Waals surface area contributed by atoms with Gasteiger partial charge in [-0.15, -0.1) is 0 Å². The van der Waals surface area contributed by atoms with Crippen LogP contribution >= 0.6 is 0 Å². The zero-order valence-corrected chi connectivity index (χ0v) is 13.0. The molecule has 5 nitrogen and oxygen atoms in total. The molecule has 0 saturated heterocycles. The number of hydrogen-bond donors (Lipinski definition) is 1. The van der Waals surface area contributed by atoms with Crippen LogP contribution < -0.4 is 10.1 Å². The zero-order valence-electron chi connectivity index (χ0n) is 13.0. The highest BCUT2D eigenvalue weighted by Gasteiger charge is 2.21. The molecular weight excluding hydrogens is 278 g/mol. The third-order valence-corrected chi connectivity index (χ3v) is 4.02. The van der Waals surface area contributed by atoms with Gasteiger partial charge in [-0.2, -0.15) is 0 Å². The Morgan fingerprint density at radius 2 is 2.27 bits per heavy atom. The second-order valence-corrected chi connectivity index (χ2v) is 5.74. The van der Waals surface area contributed by atoms with Crippen molar-refractivity contribution in [1.82, 2.24) is 14.9 Å². The Morgan fingerprint density at radius 1 is 1.45 bits per heavy atom. The molecule has 1 aliphatic rings. The monoisotopic (exact) mass is 299 g/mol. The van der Waals surface area contributed by atoms with Crippen LogP contribution in [0.4, 0.5) is 0 Å². The normalized spacial score (nSPS) is 16.9. The Balaban J connectivity index is 1.61. The van der Waals surface area contributed by atoms with E-state index in [4.69, 9.17) is 4.74 Å². The minimum absolute atomic E-state index is 0.0368. The second kappa shape index (κ2) is 6.22. The second-order valence-electron chi connectivity index (χ2n) is 5.74. The van der Waals surface area contributed by atoms with Gasteiger partial charge >= 0.3 is 0 Å². The molecule has 2 heterocycles. The third-order valence-electron chi connectivity index (χ3n) is 4.02. The summed E-state index contributed by atoms with van der Waals surface area (Å²) in [6.45, 7) is 2.80. The van der Waals surface area contributed by atoms with E-state index in [9.17, 15) is 4.79 Å². The lowest BCUT2D eigenvalue weighted by Gasteiger charge is -2.24. The molecular formula is C17H21N3O2. The van der Waals surface area contributed by atoms with E-state index in [2.05, 4.69) is 14.9 Å². The highest BCUT2D eigenvalue weighted by Crippen LogP contribution is 2.19. The highest BCUT2D eigenvalue weighted by atomic mass is 16.5. The summed E-state index contributed by atoms with van der Waals surface area (Å²) >= 11 is 0. The van der Waals surface area contributed by atoms with Gasteiger partial charge in [0.05, 0.1) is 19.2 Å². The van der Waals surface area contributed by atoms with Crippen LogP contribution in [0, 0.1) is 6.92 Å². The van der Waals surface area contributed by atoms with Crippen LogP contribution in [0.25, 0.3) is 0 Å². The Kier molecular flexibility index (Phi) is 4.13. The molecule has 0 spiro atoms. The number of carbonyl (C=O) groups excluding carboxylic acids is 1. The fourth-order valence-electron chi connectivity index (χ4n) is 3.00. The molecule has 1 aromatic carbocycles. The largest absolute Gasteiger partial charge is 0.496 e. The van der Waals surface area contributed by atoms with E-state index in [0.717, 1.165) is 42.2 Å². The number of fused-ring (bicyclic) bond motifs is 1. The Morgan fingerprint density at radius 3 is 3.09 bits per heavy atom. The third kappa shape index (κ3) is 3.13. The molecule has 0 fully saturated rings. The molecule has 2 aromatic rings. The molecule has 5 heteroatoms. The zero-order chi connectivity index (χ0) is 15.5. The average Bonchev–Trinajstić information content (AvgIpc) is 2.87. The minimum Gasteiger partial charge on any atom is -0.496 e. The fraction of sp³-hybridized carbons (Fsp3) is 0.412. The first-order valence-electron chi connectivity index (χ1n) is 7.59. The van der Waals surface area contributed by atoms with E-state index in [-0.39, 0.29) is 11.9 Å². The number of nitrogens with zero attached hydrogens (tertiary/aromatic N) is 2. The van der Waals surface area contributed by atoms with Gasteiger partial charge in [-0.3, -0.25) is 4.79 Å². The van der Waals surface area contributed by atoms with Crippen molar-refractivity contribution < 1.29 is 9.53 Å². The van der Waals surface area contributed by atoms with Gasteiger partial charge in [0, 0.05) is 30.8 Å². The summed E-state index contributed by atoms with van der Waals surface area (Å²) in [5, 5.41) is 3.13. The molecule has 0 radical (unpaired) electrons. The van der Waals surface area contributed by atoms with Crippen molar-refractivity contribution in [3.05, 3.63) is 47.5 Å². The fourth-order valence-corrected chi connectivity index (χ4v) is 3.00. The van der Waals surface area contributed by atoms with Crippen LogP contribution in [-0.2, 0) is 24.2 Å². The summed E-state index contributed by atoms with van der Waals surface area (Å²) in [4.78, 5) is 16.8. The molecule has 1 N–H and O–H groups in total. The van der Waals surface area contributed by atoms with Gasteiger partial charge in [-0.25, -0.2) is 4.98 Å². The number of hydrogen-bond acceptors (Lipinski definition) is 3. The van der Waals surface area contributed by atoms with Gasteiger partial charge < -0.3 is 14.6 Å². The highest BCUT2D eigenvalue weighted by molar-refractivity contribution is 5.79. The SMILES string of the molecule is COc1ccccc1CC(=O)N[C@@H]1CCc2nc(C)cn2C1. The molecule has 0 bridgehead atoms. The number of aryl methyl sites for hydroxylation is 2. The lowest BCUT2D eigenvalue weighted by molar-refractivity contribution is -0.121. The number of nitrogens with one attached hydrogen (secondary N) is 1. The van der Waals surface area contributed by atoms with Crippen LogP contribution in [0.2, 0.25) is 0 Å². The first-order chi connectivity index (χ1) is 10.7. The molecule has 1 atom stereocenters. The maximum Gasteiger partial charge on any atom is 0.224 e. The number of imidazole rings is 1. The number of methoxy groups -OCH3 is 1. The van der Waals surface area contributed by atoms with Gasteiger partial charge in [0.2, 0.25) is 5.91 Å². The van der Waals surface area contributed by atoms with Crippen molar-refractivity contribution in [3.8, 4) is 5.75 Å². The molecule has 3 rings (SSSR count). The summed E-state index contributed by atoms with van der Waals surface area (Å²) < 4.78 is 7.44. The Bertz CT molecular complexity index is 678. The number of rotatable bonds is 4. The molecule has 0 aliphatic carbocycles. The maximum atomic E-state index is 12.3. The molecule has 1 amide bonds. The van der Waals surface area contributed by atoms with Crippen LogP contribution in [-0.4, -0.2) is 28.6 Å². The Labute approximate surface area is 130 Å². The van der Waals surface area contributed by atoms with Gasteiger partial charge in [0.1, 0.15) is 11.6 Å². The van der Waals surface area contributed by atoms with Crippen LogP contribution in [0.3, 0.4) is 0 Å². The molecule has 1 aliphatic heterocycles. The predicted octanol–water partition coefficient (Wildman–Crippen LogP) is 1.87. The summed E-state index contributed by atoms with van der Waals surface area (Å²) in [6, 6.07) is 7.81. The first-order valence-corrected chi connectivity index (χ1v) is 7.59. The van der Waals surface area contributed by atoms with E-state index in [1.54, 1.807) is 7.11 Å². The van der Waals surface area contributed by atoms with E-state index < -0.39 is 0 Å². The topological polar surface area (TPSA) is 56.1 Å². The standard InChI is InChI=1S/C17H21N3O2/c1-12-10-20-11-14(7-8-16(20)18-12)19-17(21)9-13-5-3-4-6-15(13)22-2/h3-6,10,14H,7-9,11H2,1-2H3,(H,19,21)/t14-/m1/s1. The number of para-hydroxylation sites is 1. The van der Waals surface area contributed by atoms with Crippen LogP contribution in [0.1, 0.15) is 23.5 Å². The quantitative estimate of drug-likeness (QED) is 0.938. The molecule has 116 valence electrons. The lowest BCUT2D eigenvalue weighted by Crippen LogP contribution is -2.41. The van der Waals surface area contributed by atoms with E-state index >= 15 is 0 Å². The van der Waals surface area contributed by atoms with Gasteiger partial charge in [0.25, 0.3) is 0 Å².